The van der Waals surface area contributed by atoms with Gasteiger partial charge in [0.05, 0.1) is 5.69 Å². The van der Waals surface area contributed by atoms with Crippen molar-refractivity contribution in [2.45, 2.75) is 39.0 Å². The van der Waals surface area contributed by atoms with E-state index in [-0.39, 0.29) is 5.41 Å². The lowest BCUT2D eigenvalue weighted by Crippen LogP contribution is -2.12. The molecule has 0 fully saturated rings. The first kappa shape index (κ1) is 17.1. The van der Waals surface area contributed by atoms with Crippen LogP contribution in [-0.4, -0.2) is 9.97 Å². The van der Waals surface area contributed by atoms with Crippen LogP contribution in [0.2, 0.25) is 0 Å². The molecule has 0 bridgehead atoms. The van der Waals surface area contributed by atoms with E-state index >= 15 is 0 Å². The van der Waals surface area contributed by atoms with Crippen molar-refractivity contribution in [3.63, 3.8) is 0 Å². The molecule has 4 aromatic rings. The molecule has 2 aromatic heterocycles. The van der Waals surface area contributed by atoms with Gasteiger partial charge in [0, 0.05) is 24.2 Å². The van der Waals surface area contributed by atoms with Crippen LogP contribution in [0.4, 0.5) is 0 Å². The molecule has 2 heteroatoms. The Morgan fingerprint density at radius 2 is 1.61 bits per heavy atom. The number of aryl methyl sites for hydroxylation is 2. The van der Waals surface area contributed by atoms with Gasteiger partial charge in [-0.2, -0.15) is 0 Å². The monoisotopic (exact) mass is 364 g/mol. The number of nitrogens with zero attached hydrogens (tertiary/aromatic N) is 2. The van der Waals surface area contributed by atoms with Crippen LogP contribution in [0.15, 0.2) is 67.1 Å². The van der Waals surface area contributed by atoms with Crippen LogP contribution < -0.4 is 0 Å². The van der Waals surface area contributed by atoms with Gasteiger partial charge in [-0.1, -0.05) is 45.0 Å². The summed E-state index contributed by atoms with van der Waals surface area (Å²) in [6.07, 6.45) is 8.04. The molecule has 0 spiro atoms. The molecule has 1 aliphatic carbocycles. The molecule has 0 amide bonds. The maximum Gasteiger partial charge on any atom is 0.0708 e. The highest BCUT2D eigenvalue weighted by Gasteiger charge is 2.20. The molecule has 0 saturated heterocycles. The Labute approximate surface area is 166 Å². The summed E-state index contributed by atoms with van der Waals surface area (Å²) in [6.45, 7) is 6.84. The highest BCUT2D eigenvalue weighted by Crippen LogP contribution is 2.37. The van der Waals surface area contributed by atoms with Crippen LogP contribution >= 0.6 is 0 Å². The van der Waals surface area contributed by atoms with E-state index in [4.69, 9.17) is 4.98 Å². The molecule has 0 N–H and O–H groups in total. The van der Waals surface area contributed by atoms with Crippen molar-refractivity contribution in [2.75, 3.05) is 0 Å². The summed E-state index contributed by atoms with van der Waals surface area (Å²) < 4.78 is 0. The summed E-state index contributed by atoms with van der Waals surface area (Å²) in [4.78, 5) is 9.16. The maximum atomic E-state index is 4.85. The minimum atomic E-state index is 0.0715. The first-order valence-electron chi connectivity index (χ1n) is 9.96. The van der Waals surface area contributed by atoms with E-state index < -0.39 is 0 Å². The van der Waals surface area contributed by atoms with Crippen molar-refractivity contribution in [1.82, 2.24) is 9.97 Å². The molecule has 1 aliphatic rings. The summed E-state index contributed by atoms with van der Waals surface area (Å²) in [5, 5.41) is 2.60. The zero-order valence-corrected chi connectivity index (χ0v) is 16.7. The molecule has 2 nitrogen and oxygen atoms in total. The summed E-state index contributed by atoms with van der Waals surface area (Å²) in [5.41, 5.74) is 8.94. The molecule has 0 radical (unpaired) electrons. The van der Waals surface area contributed by atoms with Gasteiger partial charge >= 0.3 is 0 Å². The summed E-state index contributed by atoms with van der Waals surface area (Å²) >= 11 is 0. The van der Waals surface area contributed by atoms with Gasteiger partial charge in [-0.25, -0.2) is 0 Å². The van der Waals surface area contributed by atoms with E-state index in [1.54, 1.807) is 0 Å². The fourth-order valence-electron chi connectivity index (χ4n) is 4.33. The minimum absolute atomic E-state index is 0.0715. The van der Waals surface area contributed by atoms with Crippen LogP contribution in [0.25, 0.3) is 33.2 Å². The third-order valence-corrected chi connectivity index (χ3v) is 5.81. The van der Waals surface area contributed by atoms with Crippen LogP contribution in [0, 0.1) is 0 Å². The number of fused-ring (bicyclic) bond motifs is 4. The molecule has 138 valence electrons. The van der Waals surface area contributed by atoms with E-state index in [1.165, 1.54) is 44.2 Å². The minimum Gasteiger partial charge on any atom is -0.264 e. The number of pyridine rings is 2. The SMILES string of the molecule is CC(C)(C)c1cc(-c2cc3c(cn2)CCc2cnccc2-3)cc2ccccc12. The van der Waals surface area contributed by atoms with Gasteiger partial charge in [0.1, 0.15) is 0 Å². The second-order valence-corrected chi connectivity index (χ2v) is 8.75. The number of hydrogen-bond donors (Lipinski definition) is 0. The van der Waals surface area contributed by atoms with Crippen molar-refractivity contribution in [3.8, 4) is 22.4 Å². The Morgan fingerprint density at radius 3 is 2.43 bits per heavy atom. The quantitative estimate of drug-likeness (QED) is 0.393. The normalized spacial score (nSPS) is 13.2. The van der Waals surface area contributed by atoms with Gasteiger partial charge in [-0.3, -0.25) is 9.97 Å². The van der Waals surface area contributed by atoms with Gasteiger partial charge < -0.3 is 0 Å². The molecule has 0 saturated carbocycles. The Hall–Kier alpha value is -3.00. The van der Waals surface area contributed by atoms with Crippen molar-refractivity contribution in [3.05, 3.63) is 83.8 Å². The van der Waals surface area contributed by atoms with Crippen molar-refractivity contribution in [2.24, 2.45) is 0 Å². The topological polar surface area (TPSA) is 25.8 Å². The van der Waals surface area contributed by atoms with Crippen LogP contribution in [-0.2, 0) is 18.3 Å². The second kappa shape index (κ2) is 6.27. The highest BCUT2D eigenvalue weighted by molar-refractivity contribution is 5.91. The van der Waals surface area contributed by atoms with Gasteiger partial charge in [-0.15, -0.1) is 0 Å². The average Bonchev–Trinajstić information content (AvgIpc) is 2.71. The average molecular weight is 364 g/mol. The highest BCUT2D eigenvalue weighted by atomic mass is 14.7. The standard InChI is InChI=1S/C26H24N2/c1-26(2,3)24-13-20(12-17-6-4-5-7-22(17)24)25-14-23-19(16-28-25)9-8-18-15-27-11-10-21(18)23/h4-7,10-16H,8-9H2,1-3H3. The van der Waals surface area contributed by atoms with E-state index in [0.29, 0.717) is 0 Å². The predicted molar refractivity (Wildman–Crippen MR) is 117 cm³/mol. The molecular weight excluding hydrogens is 340 g/mol. The number of aromatic nitrogens is 2. The Balaban J connectivity index is 1.72. The Morgan fingerprint density at radius 1 is 0.821 bits per heavy atom. The third-order valence-electron chi connectivity index (χ3n) is 5.81. The second-order valence-electron chi connectivity index (χ2n) is 8.75. The van der Waals surface area contributed by atoms with Gasteiger partial charge in [-0.05, 0) is 81.1 Å². The third kappa shape index (κ3) is 2.80. The van der Waals surface area contributed by atoms with Gasteiger partial charge in [0.25, 0.3) is 0 Å². The summed E-state index contributed by atoms with van der Waals surface area (Å²) in [5.74, 6) is 0. The van der Waals surface area contributed by atoms with Crippen LogP contribution in [0.5, 0.6) is 0 Å². The van der Waals surface area contributed by atoms with E-state index in [1.807, 2.05) is 12.4 Å². The maximum absolute atomic E-state index is 4.85. The predicted octanol–water partition coefficient (Wildman–Crippen LogP) is 6.36. The number of rotatable bonds is 1. The molecule has 28 heavy (non-hydrogen) atoms. The summed E-state index contributed by atoms with van der Waals surface area (Å²) in [6, 6.07) is 17.7. The van der Waals surface area contributed by atoms with Gasteiger partial charge in [0.15, 0.2) is 0 Å². The zero-order valence-electron chi connectivity index (χ0n) is 16.7. The lowest BCUT2D eigenvalue weighted by molar-refractivity contribution is 0.596. The fourth-order valence-corrected chi connectivity index (χ4v) is 4.33. The van der Waals surface area contributed by atoms with Gasteiger partial charge in [0.2, 0.25) is 0 Å². The molecule has 5 rings (SSSR count). The zero-order chi connectivity index (χ0) is 19.3. The number of benzene rings is 2. The Bertz CT molecular complexity index is 1200. The molecule has 0 unspecified atom stereocenters. The molecule has 2 heterocycles. The van der Waals surface area contributed by atoms with E-state index in [0.717, 1.165) is 18.5 Å². The molecular formula is C26H24N2. The van der Waals surface area contributed by atoms with Crippen molar-refractivity contribution >= 4 is 10.8 Å². The lowest BCUT2D eigenvalue weighted by Gasteiger charge is -2.23. The largest absolute Gasteiger partial charge is 0.264 e. The van der Waals surface area contributed by atoms with E-state index in [2.05, 4.69) is 80.5 Å². The van der Waals surface area contributed by atoms with Crippen molar-refractivity contribution in [1.29, 1.82) is 0 Å². The van der Waals surface area contributed by atoms with Crippen molar-refractivity contribution < 1.29 is 0 Å². The van der Waals surface area contributed by atoms with E-state index in [9.17, 15) is 0 Å². The van der Waals surface area contributed by atoms with Crippen LogP contribution in [0.3, 0.4) is 0 Å². The fraction of sp³-hybridized carbons (Fsp3) is 0.231. The summed E-state index contributed by atoms with van der Waals surface area (Å²) in [7, 11) is 0. The number of hydrogen-bond acceptors (Lipinski definition) is 2. The smallest absolute Gasteiger partial charge is 0.0708 e. The van der Waals surface area contributed by atoms with Crippen LogP contribution in [0.1, 0.15) is 37.5 Å². The Kier molecular flexibility index (Phi) is 3.83. The molecule has 0 aliphatic heterocycles. The lowest BCUT2D eigenvalue weighted by atomic mass is 9.82. The first-order chi connectivity index (χ1) is 13.5. The molecule has 0 atom stereocenters. The first-order valence-corrected chi connectivity index (χ1v) is 9.96. The molecule has 2 aromatic carbocycles.